The standard InChI is InChI=1S/C18H28N2O/c1-2-19-17-7-5-11-20(14-15-9-12-21-13-10-15)18-8-4-3-6-16(17)18/h3-4,6,8,15,17,19H,2,5,7,9-14H2,1H3. The summed E-state index contributed by atoms with van der Waals surface area (Å²) in [5.41, 5.74) is 2.94. The van der Waals surface area contributed by atoms with Gasteiger partial charge in [-0.2, -0.15) is 0 Å². The number of rotatable bonds is 4. The lowest BCUT2D eigenvalue weighted by Gasteiger charge is -2.32. The maximum absolute atomic E-state index is 5.50. The molecule has 1 saturated heterocycles. The van der Waals surface area contributed by atoms with Crippen LogP contribution in [0.1, 0.15) is 44.2 Å². The second-order valence-corrected chi connectivity index (χ2v) is 6.31. The van der Waals surface area contributed by atoms with Crippen molar-refractivity contribution in [3.63, 3.8) is 0 Å². The first-order valence-corrected chi connectivity index (χ1v) is 8.53. The highest BCUT2D eigenvalue weighted by Gasteiger charge is 2.24. The number of hydrogen-bond donors (Lipinski definition) is 1. The van der Waals surface area contributed by atoms with Gasteiger partial charge in [0.2, 0.25) is 0 Å². The van der Waals surface area contributed by atoms with E-state index in [4.69, 9.17) is 4.74 Å². The summed E-state index contributed by atoms with van der Waals surface area (Å²) < 4.78 is 5.50. The third-order valence-electron chi connectivity index (χ3n) is 4.84. The molecule has 3 rings (SSSR count). The van der Waals surface area contributed by atoms with E-state index in [2.05, 4.69) is 41.4 Å². The number of nitrogens with one attached hydrogen (secondary N) is 1. The van der Waals surface area contributed by atoms with Crippen LogP contribution >= 0.6 is 0 Å². The topological polar surface area (TPSA) is 24.5 Å². The molecule has 0 radical (unpaired) electrons. The molecular formula is C18H28N2O. The van der Waals surface area contributed by atoms with Crippen molar-refractivity contribution in [3.05, 3.63) is 29.8 Å². The number of nitrogens with zero attached hydrogens (tertiary/aromatic N) is 1. The SMILES string of the molecule is CCNC1CCCN(CC2CCOCC2)c2ccccc21. The number of anilines is 1. The van der Waals surface area contributed by atoms with Gasteiger partial charge >= 0.3 is 0 Å². The second kappa shape index (κ2) is 7.28. The Morgan fingerprint density at radius 2 is 2.00 bits per heavy atom. The van der Waals surface area contributed by atoms with Gasteiger partial charge in [0.1, 0.15) is 0 Å². The second-order valence-electron chi connectivity index (χ2n) is 6.31. The summed E-state index contributed by atoms with van der Waals surface area (Å²) in [4.78, 5) is 2.63. The number of fused-ring (bicyclic) bond motifs is 1. The fourth-order valence-corrected chi connectivity index (χ4v) is 3.72. The summed E-state index contributed by atoms with van der Waals surface area (Å²) >= 11 is 0. The average molecular weight is 288 g/mol. The van der Waals surface area contributed by atoms with E-state index < -0.39 is 0 Å². The van der Waals surface area contributed by atoms with Crippen LogP contribution in [0.4, 0.5) is 5.69 Å². The van der Waals surface area contributed by atoms with Crippen LogP contribution in [-0.2, 0) is 4.74 Å². The molecule has 2 aliphatic heterocycles. The highest BCUT2D eigenvalue weighted by atomic mass is 16.5. The van der Waals surface area contributed by atoms with Gasteiger partial charge in [-0.25, -0.2) is 0 Å². The third-order valence-corrected chi connectivity index (χ3v) is 4.84. The molecule has 0 spiro atoms. The Labute approximate surface area is 128 Å². The Balaban J connectivity index is 1.78. The van der Waals surface area contributed by atoms with Crippen LogP contribution in [0.3, 0.4) is 0 Å². The molecular weight excluding hydrogens is 260 g/mol. The predicted octanol–water partition coefficient (Wildman–Crippen LogP) is 3.36. The summed E-state index contributed by atoms with van der Waals surface area (Å²) in [5.74, 6) is 0.794. The summed E-state index contributed by atoms with van der Waals surface area (Å²) in [7, 11) is 0. The smallest absolute Gasteiger partial charge is 0.0469 e. The molecule has 1 atom stereocenters. The molecule has 3 heteroatoms. The van der Waals surface area contributed by atoms with Gasteiger partial charge < -0.3 is 15.0 Å². The molecule has 1 aromatic carbocycles. The molecule has 0 aliphatic carbocycles. The highest BCUT2D eigenvalue weighted by molar-refractivity contribution is 5.56. The van der Waals surface area contributed by atoms with E-state index in [-0.39, 0.29) is 0 Å². The first-order valence-electron chi connectivity index (χ1n) is 8.53. The van der Waals surface area contributed by atoms with Gasteiger partial charge in [-0.15, -0.1) is 0 Å². The van der Waals surface area contributed by atoms with Gasteiger partial charge in [-0.1, -0.05) is 25.1 Å². The average Bonchev–Trinajstić information content (AvgIpc) is 2.70. The fraction of sp³-hybridized carbons (Fsp3) is 0.667. The van der Waals surface area contributed by atoms with Gasteiger partial charge in [0.15, 0.2) is 0 Å². The van der Waals surface area contributed by atoms with E-state index in [0.717, 1.165) is 25.7 Å². The lowest BCUT2D eigenvalue weighted by molar-refractivity contribution is 0.0682. The first-order chi connectivity index (χ1) is 10.4. The van der Waals surface area contributed by atoms with E-state index in [1.807, 2.05) is 0 Å². The lowest BCUT2D eigenvalue weighted by atomic mass is 9.98. The van der Waals surface area contributed by atoms with E-state index in [9.17, 15) is 0 Å². The Bertz CT molecular complexity index is 443. The Morgan fingerprint density at radius 1 is 1.19 bits per heavy atom. The van der Waals surface area contributed by atoms with E-state index in [1.54, 1.807) is 0 Å². The van der Waals surface area contributed by atoms with Crippen molar-refractivity contribution in [2.75, 3.05) is 37.7 Å². The van der Waals surface area contributed by atoms with Crippen molar-refractivity contribution in [3.8, 4) is 0 Å². The normalized spacial score (nSPS) is 23.7. The van der Waals surface area contributed by atoms with Crippen LogP contribution in [0, 0.1) is 5.92 Å². The van der Waals surface area contributed by atoms with Gasteiger partial charge in [0.25, 0.3) is 0 Å². The molecule has 1 N–H and O–H groups in total. The Hall–Kier alpha value is -1.06. The fourth-order valence-electron chi connectivity index (χ4n) is 3.72. The molecule has 21 heavy (non-hydrogen) atoms. The quantitative estimate of drug-likeness (QED) is 0.919. The van der Waals surface area contributed by atoms with Crippen LogP contribution in [0.5, 0.6) is 0 Å². The molecule has 116 valence electrons. The largest absolute Gasteiger partial charge is 0.381 e. The maximum Gasteiger partial charge on any atom is 0.0469 e. The molecule has 0 amide bonds. The minimum Gasteiger partial charge on any atom is -0.381 e. The Kier molecular flexibility index (Phi) is 5.15. The van der Waals surface area contributed by atoms with Crippen LogP contribution in [0.25, 0.3) is 0 Å². The first kappa shape index (κ1) is 14.9. The summed E-state index contributed by atoms with van der Waals surface area (Å²) in [6.45, 7) is 7.52. The zero-order chi connectivity index (χ0) is 14.5. The Morgan fingerprint density at radius 3 is 2.81 bits per heavy atom. The zero-order valence-corrected chi connectivity index (χ0v) is 13.2. The number of hydrogen-bond acceptors (Lipinski definition) is 3. The van der Waals surface area contributed by atoms with Crippen LogP contribution in [0.15, 0.2) is 24.3 Å². The molecule has 2 aliphatic rings. The summed E-state index contributed by atoms with van der Waals surface area (Å²) in [6.07, 6.45) is 4.95. The molecule has 1 unspecified atom stereocenters. The van der Waals surface area contributed by atoms with Crippen molar-refractivity contribution in [1.82, 2.24) is 5.32 Å². The highest BCUT2D eigenvalue weighted by Crippen LogP contribution is 2.33. The minimum atomic E-state index is 0.519. The van der Waals surface area contributed by atoms with E-state index in [1.165, 1.54) is 50.0 Å². The number of ether oxygens (including phenoxy) is 1. The van der Waals surface area contributed by atoms with Gasteiger partial charge in [-0.3, -0.25) is 0 Å². The molecule has 2 heterocycles. The monoisotopic (exact) mass is 288 g/mol. The zero-order valence-electron chi connectivity index (χ0n) is 13.2. The van der Waals surface area contributed by atoms with E-state index >= 15 is 0 Å². The van der Waals surface area contributed by atoms with Crippen LogP contribution in [0.2, 0.25) is 0 Å². The van der Waals surface area contributed by atoms with Crippen LogP contribution < -0.4 is 10.2 Å². The van der Waals surface area contributed by atoms with Crippen LogP contribution in [-0.4, -0.2) is 32.8 Å². The van der Waals surface area contributed by atoms with Gasteiger partial charge in [0, 0.05) is 38.0 Å². The summed E-state index contributed by atoms with van der Waals surface area (Å²) in [6, 6.07) is 9.51. The number of benzene rings is 1. The third kappa shape index (κ3) is 3.58. The van der Waals surface area contributed by atoms with Gasteiger partial charge in [0.05, 0.1) is 0 Å². The molecule has 1 fully saturated rings. The van der Waals surface area contributed by atoms with Crippen molar-refractivity contribution in [1.29, 1.82) is 0 Å². The lowest BCUT2D eigenvalue weighted by Crippen LogP contribution is -2.33. The molecule has 3 nitrogen and oxygen atoms in total. The maximum atomic E-state index is 5.50. The molecule has 0 aromatic heterocycles. The van der Waals surface area contributed by atoms with Gasteiger partial charge in [-0.05, 0) is 49.8 Å². The van der Waals surface area contributed by atoms with E-state index in [0.29, 0.717) is 6.04 Å². The molecule has 1 aromatic rings. The molecule has 0 bridgehead atoms. The van der Waals surface area contributed by atoms with Crippen molar-refractivity contribution >= 4 is 5.69 Å². The number of para-hydroxylation sites is 1. The van der Waals surface area contributed by atoms with Crippen molar-refractivity contribution in [2.24, 2.45) is 5.92 Å². The predicted molar refractivity (Wildman–Crippen MR) is 87.8 cm³/mol. The molecule has 0 saturated carbocycles. The van der Waals surface area contributed by atoms with Crippen molar-refractivity contribution < 1.29 is 4.74 Å². The summed E-state index contributed by atoms with van der Waals surface area (Å²) in [5, 5.41) is 3.66. The minimum absolute atomic E-state index is 0.519. The van der Waals surface area contributed by atoms with Crippen molar-refractivity contribution in [2.45, 2.75) is 38.6 Å².